The number of halogens is 1. The van der Waals surface area contributed by atoms with Gasteiger partial charge in [0.15, 0.2) is 5.13 Å². The van der Waals surface area contributed by atoms with Gasteiger partial charge in [0.05, 0.1) is 17.9 Å². The Hall–Kier alpha value is -1.38. The third-order valence-electron chi connectivity index (χ3n) is 2.31. The lowest BCUT2D eigenvalue weighted by Crippen LogP contribution is -2.14. The average molecular weight is 387 g/mol. The number of aromatic nitrogens is 1. The molecular formula is C13H11BrN2O3S2. The normalized spacial score (nSPS) is 10.3. The van der Waals surface area contributed by atoms with Crippen molar-refractivity contribution < 1.29 is 14.7 Å². The second-order valence-corrected chi connectivity index (χ2v) is 6.83. The van der Waals surface area contributed by atoms with Gasteiger partial charge in [-0.3, -0.25) is 9.59 Å². The van der Waals surface area contributed by atoms with Gasteiger partial charge < -0.3 is 10.4 Å². The van der Waals surface area contributed by atoms with E-state index in [9.17, 15) is 9.59 Å². The summed E-state index contributed by atoms with van der Waals surface area (Å²) in [6.07, 6.45) is -0.139. The third kappa shape index (κ3) is 5.49. The molecule has 0 bridgehead atoms. The SMILES string of the molecule is O=C(O)Cc1csc(NC(=O)CSc2ccc(Br)cc2)n1. The van der Waals surface area contributed by atoms with E-state index in [1.807, 2.05) is 24.3 Å². The van der Waals surface area contributed by atoms with E-state index >= 15 is 0 Å². The number of carbonyl (C=O) groups is 2. The summed E-state index contributed by atoms with van der Waals surface area (Å²) >= 11 is 6.00. The summed E-state index contributed by atoms with van der Waals surface area (Å²) in [6, 6.07) is 7.69. The van der Waals surface area contributed by atoms with Gasteiger partial charge in [-0.05, 0) is 24.3 Å². The van der Waals surface area contributed by atoms with Gasteiger partial charge in [0.1, 0.15) is 0 Å². The van der Waals surface area contributed by atoms with Gasteiger partial charge in [-0.2, -0.15) is 0 Å². The number of carboxylic acid groups (broad SMARTS) is 1. The van der Waals surface area contributed by atoms with Crippen LogP contribution in [0, 0.1) is 0 Å². The summed E-state index contributed by atoms with van der Waals surface area (Å²) in [5.41, 5.74) is 0.448. The fourth-order valence-corrected chi connectivity index (χ4v) is 3.12. The molecule has 2 aromatic rings. The highest BCUT2D eigenvalue weighted by Crippen LogP contribution is 2.21. The Labute approximate surface area is 137 Å². The van der Waals surface area contributed by atoms with Crippen LogP contribution in [0.25, 0.3) is 0 Å². The van der Waals surface area contributed by atoms with Crippen molar-refractivity contribution in [2.75, 3.05) is 11.1 Å². The van der Waals surface area contributed by atoms with Crippen LogP contribution in [0.5, 0.6) is 0 Å². The maximum absolute atomic E-state index is 11.8. The Morgan fingerprint density at radius 3 is 2.71 bits per heavy atom. The van der Waals surface area contributed by atoms with Crippen LogP contribution in [-0.2, 0) is 16.0 Å². The lowest BCUT2D eigenvalue weighted by atomic mass is 10.3. The molecule has 1 heterocycles. The first-order valence-electron chi connectivity index (χ1n) is 5.87. The van der Waals surface area contributed by atoms with Gasteiger partial charge in [0, 0.05) is 14.7 Å². The lowest BCUT2D eigenvalue weighted by Gasteiger charge is -2.02. The van der Waals surface area contributed by atoms with E-state index in [-0.39, 0.29) is 18.1 Å². The fraction of sp³-hybridized carbons (Fsp3) is 0.154. The average Bonchev–Trinajstić information content (AvgIpc) is 2.84. The second-order valence-electron chi connectivity index (χ2n) is 4.01. The smallest absolute Gasteiger partial charge is 0.309 e. The molecule has 0 aliphatic heterocycles. The number of thiazole rings is 1. The van der Waals surface area contributed by atoms with Crippen molar-refractivity contribution in [1.82, 2.24) is 4.98 Å². The highest BCUT2D eigenvalue weighted by atomic mass is 79.9. The van der Waals surface area contributed by atoms with Gasteiger partial charge in [0.25, 0.3) is 0 Å². The predicted molar refractivity (Wildman–Crippen MR) is 86.9 cm³/mol. The third-order valence-corrected chi connectivity index (χ3v) is 4.66. The maximum atomic E-state index is 11.8. The highest BCUT2D eigenvalue weighted by molar-refractivity contribution is 9.10. The maximum Gasteiger partial charge on any atom is 0.309 e. The van der Waals surface area contributed by atoms with Crippen molar-refractivity contribution in [2.24, 2.45) is 0 Å². The Kier molecular flexibility index (Phi) is 5.77. The quantitative estimate of drug-likeness (QED) is 0.744. The highest BCUT2D eigenvalue weighted by Gasteiger charge is 2.09. The molecule has 8 heteroatoms. The number of thioether (sulfide) groups is 1. The molecule has 5 nitrogen and oxygen atoms in total. The molecule has 1 amide bonds. The van der Waals surface area contributed by atoms with Crippen LogP contribution in [0.4, 0.5) is 5.13 Å². The van der Waals surface area contributed by atoms with E-state index < -0.39 is 5.97 Å². The van der Waals surface area contributed by atoms with Crippen molar-refractivity contribution in [3.63, 3.8) is 0 Å². The van der Waals surface area contributed by atoms with Crippen LogP contribution in [0.3, 0.4) is 0 Å². The number of aliphatic carboxylic acids is 1. The molecule has 0 saturated heterocycles. The molecule has 21 heavy (non-hydrogen) atoms. The molecule has 1 aromatic carbocycles. The van der Waals surface area contributed by atoms with Crippen LogP contribution >= 0.6 is 39.0 Å². The molecule has 0 spiro atoms. The van der Waals surface area contributed by atoms with Crippen LogP contribution in [0.15, 0.2) is 39.0 Å². The molecule has 0 aliphatic carbocycles. The molecule has 0 unspecified atom stereocenters. The summed E-state index contributed by atoms with van der Waals surface area (Å²) < 4.78 is 0.991. The van der Waals surface area contributed by atoms with Crippen molar-refractivity contribution in [3.05, 3.63) is 39.8 Å². The Morgan fingerprint density at radius 2 is 2.05 bits per heavy atom. The summed E-state index contributed by atoms with van der Waals surface area (Å²) in [5.74, 6) is -0.835. The predicted octanol–water partition coefficient (Wildman–Crippen LogP) is 3.26. The second kappa shape index (κ2) is 7.58. The number of benzene rings is 1. The monoisotopic (exact) mass is 386 g/mol. The molecule has 2 N–H and O–H groups in total. The van der Waals surface area contributed by atoms with Gasteiger partial charge in [-0.1, -0.05) is 15.9 Å². The first-order chi connectivity index (χ1) is 10.0. The number of anilines is 1. The zero-order valence-electron chi connectivity index (χ0n) is 10.7. The molecule has 0 saturated carbocycles. The molecular weight excluding hydrogens is 376 g/mol. The van der Waals surface area contributed by atoms with E-state index in [4.69, 9.17) is 5.11 Å². The molecule has 0 radical (unpaired) electrons. The number of amides is 1. The Balaban J connectivity index is 1.82. The number of hydrogen-bond donors (Lipinski definition) is 2. The Bertz CT molecular complexity index is 643. The van der Waals surface area contributed by atoms with Crippen molar-refractivity contribution in [1.29, 1.82) is 0 Å². The summed E-state index contributed by atoms with van der Waals surface area (Å²) in [6.45, 7) is 0. The first-order valence-corrected chi connectivity index (χ1v) is 8.53. The van der Waals surface area contributed by atoms with Crippen LogP contribution in [0.2, 0.25) is 0 Å². The van der Waals surface area contributed by atoms with E-state index in [0.29, 0.717) is 10.8 Å². The summed E-state index contributed by atoms with van der Waals surface area (Å²) in [5, 5.41) is 13.4. The zero-order valence-corrected chi connectivity index (χ0v) is 13.9. The summed E-state index contributed by atoms with van der Waals surface area (Å²) in [7, 11) is 0. The van der Waals surface area contributed by atoms with E-state index in [0.717, 1.165) is 9.37 Å². The van der Waals surface area contributed by atoms with Gasteiger partial charge in [0.2, 0.25) is 5.91 Å². The van der Waals surface area contributed by atoms with Crippen molar-refractivity contribution in [2.45, 2.75) is 11.3 Å². The van der Waals surface area contributed by atoms with Crippen molar-refractivity contribution in [3.8, 4) is 0 Å². The van der Waals surface area contributed by atoms with Gasteiger partial charge in [-0.25, -0.2) is 4.98 Å². The minimum Gasteiger partial charge on any atom is -0.481 e. The molecule has 1 aromatic heterocycles. The summed E-state index contributed by atoms with van der Waals surface area (Å²) in [4.78, 5) is 27.4. The standard InChI is InChI=1S/C13H11BrN2O3S2/c14-8-1-3-10(4-2-8)20-7-11(17)16-13-15-9(6-21-13)5-12(18)19/h1-4,6H,5,7H2,(H,18,19)(H,15,16,17). The molecule has 0 atom stereocenters. The first kappa shape index (κ1) is 16.0. The fourth-order valence-electron chi connectivity index (χ4n) is 1.44. The van der Waals surface area contributed by atoms with Crippen LogP contribution < -0.4 is 5.32 Å². The van der Waals surface area contributed by atoms with E-state index in [1.54, 1.807) is 5.38 Å². The van der Waals surface area contributed by atoms with Crippen LogP contribution in [-0.4, -0.2) is 27.7 Å². The lowest BCUT2D eigenvalue weighted by molar-refractivity contribution is -0.136. The van der Waals surface area contributed by atoms with Crippen LogP contribution in [0.1, 0.15) is 5.69 Å². The minimum absolute atomic E-state index is 0.139. The number of nitrogens with zero attached hydrogens (tertiary/aromatic N) is 1. The molecule has 0 aliphatic rings. The molecule has 0 fully saturated rings. The number of rotatable bonds is 6. The molecule has 2 rings (SSSR count). The van der Waals surface area contributed by atoms with Gasteiger partial charge >= 0.3 is 5.97 Å². The number of nitrogens with one attached hydrogen (secondary N) is 1. The van der Waals surface area contributed by atoms with Gasteiger partial charge in [-0.15, -0.1) is 23.1 Å². The zero-order chi connectivity index (χ0) is 15.2. The molecule has 110 valence electrons. The number of carbonyl (C=O) groups excluding carboxylic acids is 1. The largest absolute Gasteiger partial charge is 0.481 e. The van der Waals surface area contributed by atoms with Crippen molar-refractivity contribution >= 4 is 56.0 Å². The number of carboxylic acids is 1. The Morgan fingerprint density at radius 1 is 1.33 bits per heavy atom. The topological polar surface area (TPSA) is 79.3 Å². The number of hydrogen-bond acceptors (Lipinski definition) is 5. The van der Waals surface area contributed by atoms with E-state index in [1.165, 1.54) is 23.1 Å². The van der Waals surface area contributed by atoms with E-state index in [2.05, 4.69) is 26.2 Å². The minimum atomic E-state index is -0.941.